The molecule has 0 amide bonds. The van der Waals surface area contributed by atoms with Crippen molar-refractivity contribution in [3.63, 3.8) is 0 Å². The van der Waals surface area contributed by atoms with Crippen LogP contribution in [0, 0.1) is 5.92 Å². The van der Waals surface area contributed by atoms with Crippen molar-refractivity contribution in [1.82, 2.24) is 0 Å². The minimum absolute atomic E-state index is 0.257. The SMILES string of the molecule is CCCC(C)C(=O)CCCCN. The van der Waals surface area contributed by atoms with Gasteiger partial charge in [-0.1, -0.05) is 20.3 Å². The number of hydrogen-bond acceptors (Lipinski definition) is 2. The summed E-state index contributed by atoms with van der Waals surface area (Å²) in [7, 11) is 0. The molecule has 0 fully saturated rings. The Bertz CT molecular complexity index is 123. The lowest BCUT2D eigenvalue weighted by molar-refractivity contribution is -0.122. The van der Waals surface area contributed by atoms with Crippen LogP contribution >= 0.6 is 0 Å². The lowest BCUT2D eigenvalue weighted by atomic mass is 9.97. The van der Waals surface area contributed by atoms with E-state index < -0.39 is 0 Å². The average Bonchev–Trinajstić information content (AvgIpc) is 2.05. The molecule has 1 unspecified atom stereocenters. The fraction of sp³-hybridized carbons (Fsp3) is 0.900. The highest BCUT2D eigenvalue weighted by molar-refractivity contribution is 5.80. The molecule has 0 saturated carbocycles. The van der Waals surface area contributed by atoms with Crippen LogP contribution in [0.25, 0.3) is 0 Å². The first-order valence-electron chi connectivity index (χ1n) is 4.95. The Morgan fingerprint density at radius 3 is 2.58 bits per heavy atom. The number of unbranched alkanes of at least 4 members (excludes halogenated alkanes) is 1. The van der Waals surface area contributed by atoms with E-state index in [2.05, 4.69) is 6.92 Å². The number of rotatable bonds is 7. The first-order chi connectivity index (χ1) is 5.72. The molecule has 0 aromatic heterocycles. The Labute approximate surface area is 75.5 Å². The molecule has 0 heterocycles. The van der Waals surface area contributed by atoms with Gasteiger partial charge in [0.05, 0.1) is 0 Å². The van der Waals surface area contributed by atoms with Crippen molar-refractivity contribution in [1.29, 1.82) is 0 Å². The smallest absolute Gasteiger partial charge is 0.135 e. The van der Waals surface area contributed by atoms with E-state index in [0.717, 1.165) is 32.1 Å². The van der Waals surface area contributed by atoms with Crippen molar-refractivity contribution in [3.8, 4) is 0 Å². The van der Waals surface area contributed by atoms with E-state index in [1.54, 1.807) is 0 Å². The van der Waals surface area contributed by atoms with Crippen molar-refractivity contribution in [3.05, 3.63) is 0 Å². The Morgan fingerprint density at radius 2 is 2.08 bits per heavy atom. The van der Waals surface area contributed by atoms with Crippen molar-refractivity contribution >= 4 is 5.78 Å². The van der Waals surface area contributed by atoms with E-state index in [1.165, 1.54) is 0 Å². The van der Waals surface area contributed by atoms with Gasteiger partial charge in [0.25, 0.3) is 0 Å². The van der Waals surface area contributed by atoms with E-state index in [9.17, 15) is 4.79 Å². The zero-order valence-electron chi connectivity index (χ0n) is 8.31. The molecule has 0 aliphatic rings. The van der Waals surface area contributed by atoms with Crippen LogP contribution in [-0.2, 0) is 4.79 Å². The molecule has 12 heavy (non-hydrogen) atoms. The van der Waals surface area contributed by atoms with Gasteiger partial charge in [-0.3, -0.25) is 4.79 Å². The van der Waals surface area contributed by atoms with Crippen molar-refractivity contribution in [2.45, 2.75) is 46.0 Å². The van der Waals surface area contributed by atoms with Gasteiger partial charge in [0.1, 0.15) is 5.78 Å². The molecule has 2 nitrogen and oxygen atoms in total. The Balaban J connectivity index is 3.43. The summed E-state index contributed by atoms with van der Waals surface area (Å²) < 4.78 is 0. The Hall–Kier alpha value is -0.370. The second kappa shape index (κ2) is 7.29. The van der Waals surface area contributed by atoms with Gasteiger partial charge < -0.3 is 5.73 Å². The third-order valence-corrected chi connectivity index (χ3v) is 2.15. The molecule has 0 aliphatic heterocycles. The molecule has 2 N–H and O–H groups in total. The first-order valence-corrected chi connectivity index (χ1v) is 4.95. The third kappa shape index (κ3) is 5.30. The summed E-state index contributed by atoms with van der Waals surface area (Å²) in [4.78, 5) is 11.4. The van der Waals surface area contributed by atoms with E-state index in [4.69, 9.17) is 5.73 Å². The predicted molar refractivity (Wildman–Crippen MR) is 52.0 cm³/mol. The molecule has 0 rings (SSSR count). The molecule has 0 saturated heterocycles. The maximum absolute atomic E-state index is 11.4. The van der Waals surface area contributed by atoms with Crippen LogP contribution in [0.1, 0.15) is 46.0 Å². The highest BCUT2D eigenvalue weighted by atomic mass is 16.1. The van der Waals surface area contributed by atoms with E-state index in [-0.39, 0.29) is 5.92 Å². The van der Waals surface area contributed by atoms with Crippen molar-refractivity contribution in [2.75, 3.05) is 6.54 Å². The lowest BCUT2D eigenvalue weighted by Gasteiger charge is -2.07. The largest absolute Gasteiger partial charge is 0.330 e. The summed E-state index contributed by atoms with van der Waals surface area (Å²) in [5, 5.41) is 0. The second-order valence-corrected chi connectivity index (χ2v) is 3.40. The number of carbonyl (C=O) groups is 1. The van der Waals surface area contributed by atoms with Crippen LogP contribution in [0.3, 0.4) is 0 Å². The van der Waals surface area contributed by atoms with E-state index in [0.29, 0.717) is 12.3 Å². The van der Waals surface area contributed by atoms with Gasteiger partial charge in [0.2, 0.25) is 0 Å². The number of hydrogen-bond donors (Lipinski definition) is 1. The van der Waals surface area contributed by atoms with Crippen LogP contribution in [0.2, 0.25) is 0 Å². The third-order valence-electron chi connectivity index (χ3n) is 2.15. The van der Waals surface area contributed by atoms with E-state index >= 15 is 0 Å². The molecule has 0 aromatic carbocycles. The van der Waals surface area contributed by atoms with Gasteiger partial charge in [-0.15, -0.1) is 0 Å². The van der Waals surface area contributed by atoms with Crippen molar-refractivity contribution in [2.24, 2.45) is 11.7 Å². The van der Waals surface area contributed by atoms with Crippen LogP contribution in [0.15, 0.2) is 0 Å². The van der Waals surface area contributed by atoms with Gasteiger partial charge in [0.15, 0.2) is 0 Å². The summed E-state index contributed by atoms with van der Waals surface area (Å²) in [5.41, 5.74) is 5.34. The Morgan fingerprint density at radius 1 is 1.42 bits per heavy atom. The monoisotopic (exact) mass is 171 g/mol. The molecular weight excluding hydrogens is 150 g/mol. The highest BCUT2D eigenvalue weighted by Crippen LogP contribution is 2.10. The highest BCUT2D eigenvalue weighted by Gasteiger charge is 2.10. The summed E-state index contributed by atoms with van der Waals surface area (Å²) >= 11 is 0. The molecule has 0 radical (unpaired) electrons. The predicted octanol–water partition coefficient (Wildman–Crippen LogP) is 2.12. The molecule has 72 valence electrons. The molecule has 0 bridgehead atoms. The molecule has 0 aliphatic carbocycles. The van der Waals surface area contributed by atoms with Crippen molar-refractivity contribution < 1.29 is 4.79 Å². The number of ketones is 1. The quantitative estimate of drug-likeness (QED) is 0.596. The fourth-order valence-corrected chi connectivity index (χ4v) is 1.28. The summed E-state index contributed by atoms with van der Waals surface area (Å²) in [6, 6.07) is 0. The van der Waals surface area contributed by atoms with Crippen LogP contribution in [0.5, 0.6) is 0 Å². The van der Waals surface area contributed by atoms with E-state index in [1.807, 2.05) is 6.92 Å². The average molecular weight is 171 g/mol. The van der Waals surface area contributed by atoms with Gasteiger partial charge >= 0.3 is 0 Å². The van der Waals surface area contributed by atoms with Gasteiger partial charge in [-0.2, -0.15) is 0 Å². The molecule has 0 aromatic rings. The number of nitrogens with two attached hydrogens (primary N) is 1. The maximum Gasteiger partial charge on any atom is 0.135 e. The van der Waals surface area contributed by atoms with Crippen LogP contribution in [-0.4, -0.2) is 12.3 Å². The molecule has 0 spiro atoms. The van der Waals surface area contributed by atoms with Gasteiger partial charge in [-0.25, -0.2) is 0 Å². The zero-order chi connectivity index (χ0) is 9.40. The fourth-order valence-electron chi connectivity index (χ4n) is 1.28. The summed E-state index contributed by atoms with van der Waals surface area (Å²) in [6.45, 7) is 4.84. The van der Waals surface area contributed by atoms with Gasteiger partial charge in [0, 0.05) is 12.3 Å². The lowest BCUT2D eigenvalue weighted by Crippen LogP contribution is -2.11. The standard InChI is InChI=1S/C10H21NO/c1-3-6-9(2)10(12)7-4-5-8-11/h9H,3-8,11H2,1-2H3. The maximum atomic E-state index is 11.4. The molecule has 1 atom stereocenters. The molecule has 2 heteroatoms. The summed E-state index contributed by atoms with van der Waals surface area (Å²) in [6.07, 6.45) is 4.79. The minimum Gasteiger partial charge on any atom is -0.330 e. The van der Waals surface area contributed by atoms with Gasteiger partial charge in [-0.05, 0) is 25.8 Å². The van der Waals surface area contributed by atoms with Crippen LogP contribution in [0.4, 0.5) is 0 Å². The first kappa shape index (κ1) is 11.6. The topological polar surface area (TPSA) is 43.1 Å². The molecular formula is C10H21NO. The Kier molecular flexibility index (Phi) is 7.06. The number of Topliss-reactive ketones (excluding diaryl/α,β-unsaturated/α-hetero) is 1. The zero-order valence-corrected chi connectivity index (χ0v) is 8.31. The normalized spacial score (nSPS) is 12.9. The minimum atomic E-state index is 0.257. The summed E-state index contributed by atoms with van der Waals surface area (Å²) in [5.74, 6) is 0.665. The van der Waals surface area contributed by atoms with Crippen LogP contribution < -0.4 is 5.73 Å². The number of carbonyl (C=O) groups excluding carboxylic acids is 1. The second-order valence-electron chi connectivity index (χ2n) is 3.40.